The first-order chi connectivity index (χ1) is 22.1. The van der Waals surface area contributed by atoms with Crippen molar-refractivity contribution in [1.29, 1.82) is 0 Å². The number of nitrogens with zero attached hydrogens (tertiary/aromatic N) is 2. The zero-order valence-corrected chi connectivity index (χ0v) is 28.8. The predicted molar refractivity (Wildman–Crippen MR) is 182 cm³/mol. The van der Waals surface area contributed by atoms with Gasteiger partial charge in [-0.1, -0.05) is 37.9 Å². The van der Waals surface area contributed by atoms with Crippen LogP contribution >= 0.6 is 11.6 Å². The number of aryl methyl sites for hydroxylation is 1. The summed E-state index contributed by atoms with van der Waals surface area (Å²) in [5.41, 5.74) is 3.32. The van der Waals surface area contributed by atoms with Gasteiger partial charge in [-0.15, -0.1) is 4.36 Å². The minimum Gasteiger partial charge on any atom is -0.491 e. The van der Waals surface area contributed by atoms with Crippen LogP contribution in [0.1, 0.15) is 86.7 Å². The number of halogens is 1. The normalized spacial score (nSPS) is 30.4. The molecule has 9 nitrogen and oxygen atoms in total. The van der Waals surface area contributed by atoms with Gasteiger partial charge in [0, 0.05) is 36.8 Å². The molecule has 5 aliphatic rings. The molecule has 5 atom stereocenters. The Morgan fingerprint density at radius 1 is 1.11 bits per heavy atom. The average molecular weight is 671 g/mol. The lowest BCUT2D eigenvalue weighted by atomic mass is 9.59. The number of nitrogens with one attached hydrogen (secondary N) is 2. The van der Waals surface area contributed by atoms with Crippen molar-refractivity contribution < 1.29 is 23.3 Å². The smallest absolute Gasteiger partial charge is 0.327 e. The minimum atomic E-state index is -3.40. The van der Waals surface area contributed by atoms with Crippen LogP contribution in [-0.2, 0) is 27.6 Å². The van der Waals surface area contributed by atoms with Crippen molar-refractivity contribution in [3.05, 3.63) is 58.1 Å². The van der Waals surface area contributed by atoms with E-state index in [0.29, 0.717) is 36.3 Å². The summed E-state index contributed by atoms with van der Waals surface area (Å²) < 4.78 is 33.7. The van der Waals surface area contributed by atoms with Gasteiger partial charge in [-0.25, -0.2) is 9.00 Å². The molecule has 11 heteroatoms. The number of carbonyl (C=O) groups is 2. The van der Waals surface area contributed by atoms with Crippen LogP contribution in [0, 0.1) is 17.8 Å². The largest absolute Gasteiger partial charge is 0.491 e. The summed E-state index contributed by atoms with van der Waals surface area (Å²) in [6, 6.07) is 11.0. The third-order valence-electron chi connectivity index (χ3n) is 10.4. The van der Waals surface area contributed by atoms with Crippen LogP contribution in [-0.4, -0.2) is 53.8 Å². The highest BCUT2D eigenvalue weighted by Crippen LogP contribution is 2.50. The Labute approximate surface area is 278 Å². The minimum absolute atomic E-state index is 0.0249. The molecule has 2 saturated carbocycles. The summed E-state index contributed by atoms with van der Waals surface area (Å²) in [6.07, 6.45) is 8.06. The summed E-state index contributed by atoms with van der Waals surface area (Å²) in [6.45, 7) is 6.23. The molecule has 4 bridgehead atoms. The number of methoxy groups -OCH3 is 1. The fourth-order valence-electron chi connectivity index (χ4n) is 7.43. The monoisotopic (exact) mass is 670 g/mol. The molecule has 46 heavy (non-hydrogen) atoms. The Morgan fingerprint density at radius 2 is 1.93 bits per heavy atom. The van der Waals surface area contributed by atoms with E-state index in [0.717, 1.165) is 75.0 Å². The lowest BCUT2D eigenvalue weighted by molar-refractivity contribution is -0.158. The second-order valence-corrected chi connectivity index (χ2v) is 16.3. The molecule has 3 heterocycles. The van der Waals surface area contributed by atoms with Crippen LogP contribution in [0.15, 0.2) is 40.8 Å². The van der Waals surface area contributed by atoms with Gasteiger partial charge in [0.1, 0.15) is 15.7 Å². The highest BCUT2D eigenvalue weighted by Gasteiger charge is 2.51. The van der Waals surface area contributed by atoms with Crippen LogP contribution in [0.5, 0.6) is 5.75 Å². The first-order valence-electron chi connectivity index (χ1n) is 16.8. The van der Waals surface area contributed by atoms with E-state index in [9.17, 15) is 13.8 Å². The maximum absolute atomic E-state index is 14.2. The first-order valence-corrected chi connectivity index (χ1v) is 18.8. The zero-order valence-electron chi connectivity index (χ0n) is 27.2. The molecule has 2 aliphatic carbocycles. The van der Waals surface area contributed by atoms with Crippen LogP contribution in [0.25, 0.3) is 0 Å². The molecule has 2 aromatic rings. The Kier molecular flexibility index (Phi) is 9.88. The molecule has 2 aromatic carbocycles. The number of rotatable bonds is 3. The number of anilines is 1. The molecule has 3 aliphatic heterocycles. The van der Waals surface area contributed by atoms with E-state index >= 15 is 0 Å². The van der Waals surface area contributed by atoms with Crippen molar-refractivity contribution in [2.75, 3.05) is 30.9 Å². The quantitative estimate of drug-likeness (QED) is 0.368. The molecule has 250 valence electrons. The molecule has 3 amide bonds. The van der Waals surface area contributed by atoms with E-state index in [1.807, 2.05) is 32.2 Å². The van der Waals surface area contributed by atoms with Crippen molar-refractivity contribution >= 4 is 39.1 Å². The Bertz CT molecular complexity index is 1590. The number of amides is 3. The number of hydrogen-bond donors (Lipinski definition) is 2. The zero-order chi connectivity index (χ0) is 32.5. The summed E-state index contributed by atoms with van der Waals surface area (Å²) in [5, 5.41) is 3.56. The van der Waals surface area contributed by atoms with Gasteiger partial charge >= 0.3 is 6.03 Å². The highest BCUT2D eigenvalue weighted by atomic mass is 35.5. The number of fused-ring (bicyclic) bond motifs is 7. The molecule has 0 saturated heterocycles. The van der Waals surface area contributed by atoms with E-state index in [4.69, 9.17) is 21.1 Å². The predicted octanol–water partition coefficient (Wildman–Crippen LogP) is 6.91. The van der Waals surface area contributed by atoms with Gasteiger partial charge in [0.05, 0.1) is 23.6 Å². The molecule has 2 N–H and O–H groups in total. The molecule has 0 spiro atoms. The Hall–Kier alpha value is -2.82. The second-order valence-electron chi connectivity index (χ2n) is 13.9. The SMILES string of the molecule is CO[C@@]12CCC[C@H](C)CS(=O)(NC(=O)NC3CC3)=NC(=O)c3ccc4c(c3)N(Cc3ccc(Cl)cc3CCCCO4)C[C@H](C1)[C@H]2C. The number of ether oxygens (including phenoxy) is 2. The summed E-state index contributed by atoms with van der Waals surface area (Å²) in [7, 11) is -1.58. The highest BCUT2D eigenvalue weighted by molar-refractivity contribution is 7.92. The lowest BCUT2D eigenvalue weighted by Crippen LogP contribution is -2.57. The van der Waals surface area contributed by atoms with Crippen LogP contribution in [0.2, 0.25) is 5.02 Å². The van der Waals surface area contributed by atoms with Gasteiger partial charge in [0.2, 0.25) is 0 Å². The van der Waals surface area contributed by atoms with Crippen LogP contribution < -0.4 is 19.7 Å². The number of carbonyl (C=O) groups excluding carboxylic acids is 2. The number of urea groups is 1. The van der Waals surface area contributed by atoms with Gasteiger partial charge < -0.3 is 19.7 Å². The number of benzene rings is 2. The maximum Gasteiger partial charge on any atom is 0.327 e. The second kappa shape index (κ2) is 13.7. The third kappa shape index (κ3) is 7.50. The fraction of sp³-hybridized carbons (Fsp3) is 0.600. The lowest BCUT2D eigenvalue weighted by Gasteiger charge is -2.54. The molecular formula is C35H47ClN4O5S. The molecule has 1 unspecified atom stereocenters. The Balaban J connectivity index is 1.43. The molecule has 0 aromatic heterocycles. The van der Waals surface area contributed by atoms with Crippen molar-refractivity contribution in [3.63, 3.8) is 0 Å². The maximum atomic E-state index is 14.2. The number of hydrogen-bond acceptors (Lipinski definition) is 6. The van der Waals surface area contributed by atoms with Gasteiger partial charge in [0.25, 0.3) is 5.91 Å². The fourth-order valence-corrected chi connectivity index (χ4v) is 9.49. The van der Waals surface area contributed by atoms with Crippen molar-refractivity contribution in [1.82, 2.24) is 10.0 Å². The first kappa shape index (κ1) is 33.1. The van der Waals surface area contributed by atoms with E-state index in [1.54, 1.807) is 6.07 Å². The van der Waals surface area contributed by atoms with Crippen molar-refractivity contribution in [2.45, 2.75) is 89.8 Å². The summed E-state index contributed by atoms with van der Waals surface area (Å²) in [5.74, 6) is 0.866. The van der Waals surface area contributed by atoms with Crippen molar-refractivity contribution in [2.24, 2.45) is 22.1 Å². The molecule has 2 fully saturated rings. The van der Waals surface area contributed by atoms with Crippen LogP contribution in [0.4, 0.5) is 10.5 Å². The molecule has 7 rings (SSSR count). The topological polar surface area (TPSA) is 109 Å². The van der Waals surface area contributed by atoms with Gasteiger partial charge in [0.15, 0.2) is 0 Å². The van der Waals surface area contributed by atoms with Gasteiger partial charge in [-0.3, -0.25) is 9.52 Å². The molecular weight excluding hydrogens is 624 g/mol. The van der Waals surface area contributed by atoms with E-state index in [-0.39, 0.29) is 23.3 Å². The van der Waals surface area contributed by atoms with Gasteiger partial charge in [-0.2, -0.15) is 0 Å². The van der Waals surface area contributed by atoms with E-state index in [1.165, 1.54) is 11.1 Å². The summed E-state index contributed by atoms with van der Waals surface area (Å²) in [4.78, 5) is 28.9. The standard InChI is InChI=1S/C35H47ClN4O5S/c1-23-7-6-15-35(44-3)19-28(24(35)2)21-40-20-27-9-11-29(36)17-25(27)8-4-5-16-45-32-14-10-26(18-31(32)40)33(41)38-46(43,22-23)39-34(42)37-30-12-13-30/h9-11,14,17-18,23-24,28,30H,4-8,12-13,15-16,19-22H2,1-3H3,(H2,37,38,39,41,42,43)/t23-,24+,28-,35-,46?/m0/s1. The van der Waals surface area contributed by atoms with E-state index in [2.05, 4.69) is 38.4 Å². The molecule has 0 radical (unpaired) electrons. The van der Waals surface area contributed by atoms with E-state index < -0.39 is 21.9 Å². The Morgan fingerprint density at radius 3 is 2.70 bits per heavy atom. The van der Waals surface area contributed by atoms with Gasteiger partial charge in [-0.05, 0) is 111 Å². The van der Waals surface area contributed by atoms with Crippen molar-refractivity contribution in [3.8, 4) is 5.75 Å². The third-order valence-corrected chi connectivity index (χ3v) is 12.6. The average Bonchev–Trinajstić information content (AvgIpc) is 3.83. The summed E-state index contributed by atoms with van der Waals surface area (Å²) >= 11 is 6.44. The van der Waals surface area contributed by atoms with Crippen LogP contribution in [0.3, 0.4) is 0 Å².